The standard InChI is InChI=1S/C17H19F3N4O3S/c1-10-7-11(2)9-12(8-10)22-16-23-14-4-6-21-5-3-13(14)15(24-16)27-28(25,26)17(18,19)20/h7-9,21H,3-6H2,1-2H3,(H,22,23,24). The van der Waals surface area contributed by atoms with E-state index in [0.717, 1.165) is 11.1 Å². The Kier molecular flexibility index (Phi) is 5.48. The van der Waals surface area contributed by atoms with Gasteiger partial charge in [-0.15, -0.1) is 0 Å². The smallest absolute Gasteiger partial charge is 0.355 e. The van der Waals surface area contributed by atoms with Gasteiger partial charge in [0.15, 0.2) is 0 Å². The quantitative estimate of drug-likeness (QED) is 0.585. The fourth-order valence-electron chi connectivity index (χ4n) is 2.96. The lowest BCUT2D eigenvalue weighted by Gasteiger charge is -2.15. The first-order valence-electron chi connectivity index (χ1n) is 8.52. The van der Waals surface area contributed by atoms with Gasteiger partial charge in [-0.2, -0.15) is 26.6 Å². The van der Waals surface area contributed by atoms with Gasteiger partial charge in [0.25, 0.3) is 0 Å². The molecule has 2 heterocycles. The maximum absolute atomic E-state index is 12.8. The van der Waals surface area contributed by atoms with E-state index in [1.54, 1.807) is 0 Å². The molecule has 0 spiro atoms. The number of hydrogen-bond donors (Lipinski definition) is 2. The second-order valence-electron chi connectivity index (χ2n) is 6.51. The molecule has 2 aromatic rings. The van der Waals surface area contributed by atoms with E-state index < -0.39 is 21.5 Å². The molecule has 0 radical (unpaired) electrons. The Morgan fingerprint density at radius 2 is 1.71 bits per heavy atom. The zero-order valence-electron chi connectivity index (χ0n) is 15.2. The highest BCUT2D eigenvalue weighted by Gasteiger charge is 2.49. The van der Waals surface area contributed by atoms with E-state index >= 15 is 0 Å². The predicted octanol–water partition coefficient (Wildman–Crippen LogP) is 2.75. The second kappa shape index (κ2) is 7.55. The first-order chi connectivity index (χ1) is 13.0. The Morgan fingerprint density at radius 3 is 2.36 bits per heavy atom. The molecule has 152 valence electrons. The minimum Gasteiger partial charge on any atom is -0.355 e. The molecule has 0 amide bonds. The fourth-order valence-corrected chi connectivity index (χ4v) is 3.40. The number of nitrogens with zero attached hydrogens (tertiary/aromatic N) is 2. The van der Waals surface area contributed by atoms with Crippen molar-refractivity contribution in [3.05, 3.63) is 40.6 Å². The topological polar surface area (TPSA) is 93.2 Å². The van der Waals surface area contributed by atoms with E-state index in [9.17, 15) is 21.6 Å². The van der Waals surface area contributed by atoms with Crippen LogP contribution in [0.3, 0.4) is 0 Å². The van der Waals surface area contributed by atoms with Crippen molar-refractivity contribution in [2.24, 2.45) is 0 Å². The van der Waals surface area contributed by atoms with Crippen LogP contribution < -0.4 is 14.8 Å². The number of aromatic nitrogens is 2. The van der Waals surface area contributed by atoms with Gasteiger partial charge in [0, 0.05) is 24.2 Å². The Bertz CT molecular complexity index is 974. The van der Waals surface area contributed by atoms with E-state index in [2.05, 4.69) is 24.8 Å². The van der Waals surface area contributed by atoms with Crippen molar-refractivity contribution in [1.82, 2.24) is 15.3 Å². The second-order valence-corrected chi connectivity index (χ2v) is 8.05. The molecule has 3 rings (SSSR count). The molecule has 1 aromatic carbocycles. The van der Waals surface area contributed by atoms with Gasteiger partial charge in [0.1, 0.15) is 0 Å². The summed E-state index contributed by atoms with van der Waals surface area (Å²) in [7, 11) is -5.84. The van der Waals surface area contributed by atoms with Gasteiger partial charge in [0.2, 0.25) is 11.8 Å². The molecule has 0 saturated carbocycles. The van der Waals surface area contributed by atoms with E-state index in [1.165, 1.54) is 0 Å². The SMILES string of the molecule is Cc1cc(C)cc(Nc2nc3c(c(OS(=O)(=O)C(F)(F)F)n2)CCNCC3)c1. The van der Waals surface area contributed by atoms with Crippen molar-refractivity contribution in [3.8, 4) is 5.88 Å². The molecule has 0 saturated heterocycles. The van der Waals surface area contributed by atoms with Crippen LogP contribution in [0, 0.1) is 13.8 Å². The summed E-state index contributed by atoms with van der Waals surface area (Å²) in [6.07, 6.45) is 0.656. The summed E-state index contributed by atoms with van der Waals surface area (Å²) >= 11 is 0. The number of rotatable bonds is 4. The van der Waals surface area contributed by atoms with Crippen LogP contribution in [0.25, 0.3) is 0 Å². The molecule has 28 heavy (non-hydrogen) atoms. The highest BCUT2D eigenvalue weighted by atomic mass is 32.2. The number of fused-ring (bicyclic) bond motifs is 1. The Balaban J connectivity index is 2.03. The highest BCUT2D eigenvalue weighted by Crippen LogP contribution is 2.31. The molecule has 0 bridgehead atoms. The molecule has 1 aromatic heterocycles. The van der Waals surface area contributed by atoms with Crippen LogP contribution in [0.2, 0.25) is 0 Å². The van der Waals surface area contributed by atoms with Gasteiger partial charge in [-0.05, 0) is 50.1 Å². The number of anilines is 2. The van der Waals surface area contributed by atoms with Crippen molar-refractivity contribution >= 4 is 21.8 Å². The third-order valence-corrected chi connectivity index (χ3v) is 5.04. The van der Waals surface area contributed by atoms with Gasteiger partial charge < -0.3 is 14.8 Å². The molecule has 11 heteroatoms. The average Bonchev–Trinajstić information content (AvgIpc) is 2.78. The largest absolute Gasteiger partial charge is 0.534 e. The van der Waals surface area contributed by atoms with Gasteiger partial charge in [0.05, 0.1) is 5.69 Å². The number of nitrogens with one attached hydrogen (secondary N) is 2. The van der Waals surface area contributed by atoms with Crippen molar-refractivity contribution in [3.63, 3.8) is 0 Å². The van der Waals surface area contributed by atoms with Crippen LogP contribution in [-0.2, 0) is 23.0 Å². The lowest BCUT2D eigenvalue weighted by atomic mass is 10.1. The average molecular weight is 416 g/mol. The van der Waals surface area contributed by atoms with E-state index in [0.29, 0.717) is 30.9 Å². The summed E-state index contributed by atoms with van der Waals surface area (Å²) in [5, 5.41) is 6.01. The molecular formula is C17H19F3N4O3S. The summed E-state index contributed by atoms with van der Waals surface area (Å²) in [4.78, 5) is 8.29. The van der Waals surface area contributed by atoms with Crippen LogP contribution >= 0.6 is 0 Å². The van der Waals surface area contributed by atoms with E-state index in [-0.39, 0.29) is 17.9 Å². The molecular weight excluding hydrogens is 397 g/mol. The predicted molar refractivity (Wildman–Crippen MR) is 97.1 cm³/mol. The first-order valence-corrected chi connectivity index (χ1v) is 9.92. The third kappa shape index (κ3) is 4.53. The van der Waals surface area contributed by atoms with Crippen LogP contribution in [0.4, 0.5) is 24.8 Å². The van der Waals surface area contributed by atoms with Gasteiger partial charge in [-0.3, -0.25) is 0 Å². The lowest BCUT2D eigenvalue weighted by Crippen LogP contribution is -2.29. The van der Waals surface area contributed by atoms with Crippen LogP contribution in [0.5, 0.6) is 5.88 Å². The van der Waals surface area contributed by atoms with Crippen molar-refractivity contribution in [2.75, 3.05) is 18.4 Å². The van der Waals surface area contributed by atoms with Gasteiger partial charge >= 0.3 is 15.6 Å². The zero-order chi connectivity index (χ0) is 20.5. The number of benzene rings is 1. The fraction of sp³-hybridized carbons (Fsp3) is 0.412. The number of aryl methyl sites for hydroxylation is 2. The van der Waals surface area contributed by atoms with Crippen LogP contribution in [-0.4, -0.2) is 37.0 Å². The minimum absolute atomic E-state index is 0.0296. The number of hydrogen-bond acceptors (Lipinski definition) is 7. The molecule has 7 nitrogen and oxygen atoms in total. The summed E-state index contributed by atoms with van der Waals surface area (Å²) in [5.41, 5.74) is -2.28. The molecule has 1 aliphatic heterocycles. The summed E-state index contributed by atoms with van der Waals surface area (Å²) in [6.45, 7) is 4.79. The van der Waals surface area contributed by atoms with E-state index in [1.807, 2.05) is 32.0 Å². The Labute approximate surface area is 160 Å². The van der Waals surface area contributed by atoms with Gasteiger partial charge in [-0.25, -0.2) is 4.98 Å². The zero-order valence-corrected chi connectivity index (χ0v) is 16.0. The maximum Gasteiger partial charge on any atom is 0.534 e. The third-order valence-electron chi connectivity index (χ3n) is 4.10. The first kappa shape index (κ1) is 20.3. The summed E-state index contributed by atoms with van der Waals surface area (Å²) < 4.78 is 65.7. The molecule has 0 unspecified atom stereocenters. The lowest BCUT2D eigenvalue weighted by molar-refractivity contribution is -0.0501. The van der Waals surface area contributed by atoms with Crippen molar-refractivity contribution in [2.45, 2.75) is 32.2 Å². The summed E-state index contributed by atoms with van der Waals surface area (Å²) in [5.74, 6) is -0.629. The molecule has 0 aliphatic carbocycles. The maximum atomic E-state index is 12.8. The Hall–Kier alpha value is -2.40. The number of alkyl halides is 3. The monoisotopic (exact) mass is 416 g/mol. The molecule has 0 fully saturated rings. The van der Waals surface area contributed by atoms with Crippen LogP contribution in [0.1, 0.15) is 22.4 Å². The normalized spacial score (nSPS) is 14.9. The van der Waals surface area contributed by atoms with Gasteiger partial charge in [-0.1, -0.05) is 6.07 Å². The Morgan fingerprint density at radius 1 is 1.07 bits per heavy atom. The highest BCUT2D eigenvalue weighted by molar-refractivity contribution is 7.87. The van der Waals surface area contributed by atoms with E-state index in [4.69, 9.17) is 0 Å². The molecule has 0 atom stereocenters. The van der Waals surface area contributed by atoms with Crippen molar-refractivity contribution in [1.29, 1.82) is 0 Å². The minimum atomic E-state index is -5.84. The van der Waals surface area contributed by atoms with Crippen LogP contribution in [0.15, 0.2) is 18.2 Å². The summed E-state index contributed by atoms with van der Waals surface area (Å²) in [6, 6.07) is 5.59. The number of halogens is 3. The molecule has 1 aliphatic rings. The molecule has 2 N–H and O–H groups in total. The van der Waals surface area contributed by atoms with Crippen molar-refractivity contribution < 1.29 is 25.8 Å².